The van der Waals surface area contributed by atoms with Crippen LogP contribution in [0.15, 0.2) is 0 Å². The van der Waals surface area contributed by atoms with Gasteiger partial charge in [0.25, 0.3) is 0 Å². The van der Waals surface area contributed by atoms with Gasteiger partial charge in [0.2, 0.25) is 0 Å². The molecular formula is C12H21NO3. The van der Waals surface area contributed by atoms with Crippen LogP contribution in [0.4, 0.5) is 0 Å². The van der Waals surface area contributed by atoms with Gasteiger partial charge in [0, 0.05) is 19.6 Å². The van der Waals surface area contributed by atoms with Crippen molar-refractivity contribution in [2.24, 2.45) is 5.41 Å². The zero-order valence-corrected chi connectivity index (χ0v) is 9.78. The Bertz CT molecular complexity index is 241. The highest BCUT2D eigenvalue weighted by Gasteiger charge is 2.42. The molecule has 1 aliphatic heterocycles. The minimum Gasteiger partial charge on any atom is -0.480 e. The molecule has 4 nitrogen and oxygen atoms in total. The highest BCUT2D eigenvalue weighted by atomic mass is 16.5. The monoisotopic (exact) mass is 227 g/mol. The van der Waals surface area contributed by atoms with Crippen LogP contribution in [-0.2, 0) is 9.53 Å². The fourth-order valence-corrected chi connectivity index (χ4v) is 3.03. The van der Waals surface area contributed by atoms with Crippen LogP contribution in [0, 0.1) is 5.41 Å². The minimum atomic E-state index is -0.882. The van der Waals surface area contributed by atoms with Gasteiger partial charge in [-0.15, -0.1) is 0 Å². The summed E-state index contributed by atoms with van der Waals surface area (Å²) in [5.74, 6) is -0.882. The molecule has 0 unspecified atom stereocenters. The summed E-state index contributed by atoms with van der Waals surface area (Å²) >= 11 is 0. The highest BCUT2D eigenvalue weighted by molar-refractivity contribution is 5.67. The number of carbonyl (C=O) groups is 1. The van der Waals surface area contributed by atoms with Gasteiger partial charge in [0.15, 0.2) is 0 Å². The molecule has 0 aromatic heterocycles. The van der Waals surface area contributed by atoms with Crippen molar-refractivity contribution in [2.75, 3.05) is 32.8 Å². The number of carboxylic acid groups (broad SMARTS) is 1. The number of ether oxygens (including phenoxy) is 1. The fraction of sp³-hybridized carbons (Fsp3) is 0.917. The molecule has 0 radical (unpaired) electrons. The summed E-state index contributed by atoms with van der Waals surface area (Å²) in [6.45, 7) is 3.66. The van der Waals surface area contributed by atoms with Gasteiger partial charge in [0.05, 0.1) is 6.61 Å². The molecule has 1 heterocycles. The third-order valence-electron chi connectivity index (χ3n) is 3.81. The molecule has 92 valence electrons. The smallest absolute Gasteiger partial charge is 0.329 e. The first-order valence-corrected chi connectivity index (χ1v) is 6.22. The third-order valence-corrected chi connectivity index (χ3v) is 3.81. The van der Waals surface area contributed by atoms with Crippen molar-refractivity contribution in [1.29, 1.82) is 0 Å². The van der Waals surface area contributed by atoms with Crippen LogP contribution in [0.25, 0.3) is 0 Å². The maximum absolute atomic E-state index is 10.2. The van der Waals surface area contributed by atoms with Gasteiger partial charge in [-0.05, 0) is 18.3 Å². The first-order chi connectivity index (χ1) is 7.70. The van der Waals surface area contributed by atoms with Gasteiger partial charge in [-0.1, -0.05) is 19.3 Å². The Balaban J connectivity index is 1.56. The molecule has 2 fully saturated rings. The van der Waals surface area contributed by atoms with Crippen LogP contribution in [0.5, 0.6) is 0 Å². The van der Waals surface area contributed by atoms with E-state index in [0.717, 1.165) is 6.54 Å². The van der Waals surface area contributed by atoms with E-state index in [1.165, 1.54) is 45.2 Å². The van der Waals surface area contributed by atoms with Crippen LogP contribution in [0.3, 0.4) is 0 Å². The molecule has 1 N–H and O–H groups in total. The highest BCUT2D eigenvalue weighted by Crippen LogP contribution is 2.43. The number of nitrogens with zero attached hydrogens (tertiary/aromatic N) is 1. The summed E-state index contributed by atoms with van der Waals surface area (Å²) in [4.78, 5) is 12.6. The third kappa shape index (κ3) is 2.95. The normalized spacial score (nSPS) is 24.2. The van der Waals surface area contributed by atoms with Gasteiger partial charge in [-0.25, -0.2) is 4.79 Å². The number of rotatable bonds is 5. The van der Waals surface area contributed by atoms with E-state index in [9.17, 15) is 4.79 Å². The van der Waals surface area contributed by atoms with Crippen molar-refractivity contribution in [3.05, 3.63) is 0 Å². The number of likely N-dealkylation sites (tertiary alicyclic amines) is 1. The van der Waals surface area contributed by atoms with E-state index >= 15 is 0 Å². The van der Waals surface area contributed by atoms with Gasteiger partial charge in [0.1, 0.15) is 6.61 Å². The second-order valence-electron chi connectivity index (χ2n) is 5.22. The summed E-state index contributed by atoms with van der Waals surface area (Å²) in [5.41, 5.74) is 0.616. The van der Waals surface area contributed by atoms with Gasteiger partial charge >= 0.3 is 5.97 Å². The topological polar surface area (TPSA) is 49.8 Å². The predicted octanol–water partition coefficient (Wildman–Crippen LogP) is 1.35. The second kappa shape index (κ2) is 5.15. The molecule has 1 spiro atoms. The Hall–Kier alpha value is -0.610. The first-order valence-electron chi connectivity index (χ1n) is 6.22. The van der Waals surface area contributed by atoms with Crippen molar-refractivity contribution in [3.63, 3.8) is 0 Å². The number of hydrogen-bond acceptors (Lipinski definition) is 3. The van der Waals surface area contributed by atoms with Crippen molar-refractivity contribution >= 4 is 5.97 Å². The van der Waals surface area contributed by atoms with Crippen LogP contribution in [-0.4, -0.2) is 48.8 Å². The van der Waals surface area contributed by atoms with Crippen molar-refractivity contribution < 1.29 is 14.6 Å². The molecule has 0 aromatic rings. The van der Waals surface area contributed by atoms with Crippen LogP contribution in [0.1, 0.15) is 32.1 Å². The van der Waals surface area contributed by atoms with Gasteiger partial charge in [-0.3, -0.25) is 4.90 Å². The van der Waals surface area contributed by atoms with Gasteiger partial charge in [-0.2, -0.15) is 0 Å². The van der Waals surface area contributed by atoms with Crippen LogP contribution >= 0.6 is 0 Å². The van der Waals surface area contributed by atoms with Crippen molar-refractivity contribution in [3.8, 4) is 0 Å². The molecule has 1 aliphatic carbocycles. The molecule has 16 heavy (non-hydrogen) atoms. The summed E-state index contributed by atoms with van der Waals surface area (Å²) in [7, 11) is 0. The largest absolute Gasteiger partial charge is 0.480 e. The van der Waals surface area contributed by atoms with E-state index in [-0.39, 0.29) is 6.61 Å². The lowest BCUT2D eigenvalue weighted by molar-refractivity contribution is -0.142. The molecule has 2 rings (SSSR count). The number of hydrogen-bond donors (Lipinski definition) is 1. The van der Waals surface area contributed by atoms with E-state index in [1.54, 1.807) is 0 Å². The van der Waals surface area contributed by atoms with E-state index in [4.69, 9.17) is 9.84 Å². The second-order valence-corrected chi connectivity index (χ2v) is 5.22. The van der Waals surface area contributed by atoms with Crippen molar-refractivity contribution in [2.45, 2.75) is 32.1 Å². The fourth-order valence-electron chi connectivity index (χ4n) is 3.03. The molecule has 0 bridgehead atoms. The molecule has 0 aromatic carbocycles. The summed E-state index contributed by atoms with van der Waals surface area (Å²) in [6.07, 6.45) is 6.97. The summed E-state index contributed by atoms with van der Waals surface area (Å²) < 4.78 is 5.04. The zero-order chi connectivity index (χ0) is 11.4. The number of carboxylic acids is 1. The van der Waals surface area contributed by atoms with E-state index in [0.29, 0.717) is 12.0 Å². The molecule has 4 heteroatoms. The first kappa shape index (κ1) is 11.9. The van der Waals surface area contributed by atoms with Gasteiger partial charge < -0.3 is 9.84 Å². The zero-order valence-electron chi connectivity index (χ0n) is 9.78. The van der Waals surface area contributed by atoms with Crippen LogP contribution < -0.4 is 0 Å². The lowest BCUT2D eigenvalue weighted by Gasteiger charge is -2.52. The van der Waals surface area contributed by atoms with E-state index in [1.807, 2.05) is 0 Å². The Labute approximate surface area is 96.6 Å². The summed E-state index contributed by atoms with van der Waals surface area (Å²) in [6, 6.07) is 0. The van der Waals surface area contributed by atoms with E-state index < -0.39 is 5.97 Å². The predicted molar refractivity (Wildman–Crippen MR) is 60.4 cm³/mol. The Morgan fingerprint density at radius 2 is 1.94 bits per heavy atom. The summed E-state index contributed by atoms with van der Waals surface area (Å²) in [5, 5.41) is 8.41. The quantitative estimate of drug-likeness (QED) is 0.720. The molecule has 0 atom stereocenters. The SMILES string of the molecule is O=C(O)COCCN1CC2(CCCCC2)C1. The maximum Gasteiger partial charge on any atom is 0.329 e. The molecule has 1 saturated heterocycles. The minimum absolute atomic E-state index is 0.168. The lowest BCUT2D eigenvalue weighted by Crippen LogP contribution is -2.57. The molecule has 2 aliphatic rings. The molecule has 1 saturated carbocycles. The van der Waals surface area contributed by atoms with E-state index in [2.05, 4.69) is 4.90 Å². The maximum atomic E-state index is 10.2. The Morgan fingerprint density at radius 3 is 2.56 bits per heavy atom. The Morgan fingerprint density at radius 1 is 1.25 bits per heavy atom. The standard InChI is InChI=1S/C12H21NO3/c14-11(15)8-16-7-6-13-9-12(10-13)4-2-1-3-5-12/h1-10H2,(H,14,15). The van der Waals surface area contributed by atoms with Crippen LogP contribution in [0.2, 0.25) is 0 Å². The lowest BCUT2D eigenvalue weighted by atomic mass is 9.69. The van der Waals surface area contributed by atoms with Crippen molar-refractivity contribution in [1.82, 2.24) is 4.90 Å². The Kier molecular flexibility index (Phi) is 3.82. The average Bonchev–Trinajstić information content (AvgIpc) is 2.23. The average molecular weight is 227 g/mol. The number of aliphatic carboxylic acids is 1. The molecule has 0 amide bonds. The molecular weight excluding hydrogens is 206 g/mol.